The molecule has 2 rings (SSSR count). The lowest BCUT2D eigenvalue weighted by atomic mass is 9.99. The second-order valence-corrected chi connectivity index (χ2v) is 5.17. The number of alkyl halides is 3. The molecule has 0 spiro atoms. The highest BCUT2D eigenvalue weighted by molar-refractivity contribution is 6.33. The molecule has 0 fully saturated rings. The lowest BCUT2D eigenvalue weighted by molar-refractivity contribution is -0.274. The zero-order chi connectivity index (χ0) is 16.5. The summed E-state index contributed by atoms with van der Waals surface area (Å²) in [5.41, 5.74) is 6.25. The van der Waals surface area contributed by atoms with Crippen molar-refractivity contribution in [2.75, 3.05) is 0 Å². The van der Waals surface area contributed by atoms with Gasteiger partial charge in [0, 0.05) is 10.6 Å². The number of benzene rings is 2. The molecule has 0 bridgehead atoms. The lowest BCUT2D eigenvalue weighted by Crippen LogP contribution is -2.17. The Morgan fingerprint density at radius 2 is 1.50 bits per heavy atom. The third kappa shape index (κ3) is 3.82. The van der Waals surface area contributed by atoms with Gasteiger partial charge in [-0.25, -0.2) is 4.39 Å². The molecule has 0 unspecified atom stereocenters. The normalized spacial score (nSPS) is 13.0. The summed E-state index contributed by atoms with van der Waals surface area (Å²) in [4.78, 5) is 0. The van der Waals surface area contributed by atoms with Crippen LogP contribution in [0.5, 0.6) is 5.75 Å². The van der Waals surface area contributed by atoms with Crippen LogP contribution >= 0.6 is 23.2 Å². The van der Waals surface area contributed by atoms with Crippen LogP contribution in [0.25, 0.3) is 0 Å². The molecule has 0 saturated heterocycles. The van der Waals surface area contributed by atoms with Gasteiger partial charge in [0.1, 0.15) is 11.6 Å². The number of hydrogen-bond acceptors (Lipinski definition) is 2. The Bertz CT molecular complexity index is 674. The third-order valence-electron chi connectivity index (χ3n) is 2.86. The molecule has 0 aliphatic carbocycles. The minimum atomic E-state index is -4.79. The van der Waals surface area contributed by atoms with Gasteiger partial charge >= 0.3 is 6.36 Å². The molecule has 0 amide bonds. The Hall–Kier alpha value is -1.50. The van der Waals surface area contributed by atoms with E-state index in [0.29, 0.717) is 5.56 Å². The summed E-state index contributed by atoms with van der Waals surface area (Å²) in [6.07, 6.45) is -4.79. The molecule has 0 aliphatic heterocycles. The molecule has 2 N–H and O–H groups in total. The van der Waals surface area contributed by atoms with Gasteiger partial charge in [-0.3, -0.25) is 0 Å². The first kappa shape index (κ1) is 16.9. The fourth-order valence-corrected chi connectivity index (χ4v) is 2.30. The van der Waals surface area contributed by atoms with Crippen LogP contribution in [0, 0.1) is 5.82 Å². The predicted octanol–water partition coefficient (Wildman–Crippen LogP) is 5.08. The Kier molecular flexibility index (Phi) is 4.84. The van der Waals surface area contributed by atoms with E-state index in [1.807, 2.05) is 0 Å². The van der Waals surface area contributed by atoms with E-state index >= 15 is 0 Å². The average Bonchev–Trinajstić information content (AvgIpc) is 2.42. The molecular weight excluding hydrogens is 345 g/mol. The Morgan fingerprint density at radius 3 is 2.05 bits per heavy atom. The molecule has 0 aromatic heterocycles. The molecule has 2 nitrogen and oxygen atoms in total. The monoisotopic (exact) mass is 353 g/mol. The average molecular weight is 354 g/mol. The number of hydrogen-bond donors (Lipinski definition) is 1. The summed E-state index contributed by atoms with van der Waals surface area (Å²) in [5, 5.41) is -0.0723. The van der Waals surface area contributed by atoms with E-state index < -0.39 is 24.0 Å². The van der Waals surface area contributed by atoms with Gasteiger partial charge in [-0.05, 0) is 29.8 Å². The Morgan fingerprint density at radius 1 is 0.955 bits per heavy atom. The summed E-state index contributed by atoms with van der Waals surface area (Å²) in [6.45, 7) is 0. The van der Waals surface area contributed by atoms with Crippen LogP contribution in [0.3, 0.4) is 0 Å². The highest BCUT2D eigenvalue weighted by atomic mass is 35.5. The molecule has 2 aromatic rings. The molecule has 8 heteroatoms. The quantitative estimate of drug-likeness (QED) is 0.616. The highest BCUT2D eigenvalue weighted by Gasteiger charge is 2.31. The number of halogens is 6. The summed E-state index contributed by atoms with van der Waals surface area (Å²) < 4.78 is 54.0. The summed E-state index contributed by atoms with van der Waals surface area (Å²) in [5.74, 6) is -1.17. The standard InChI is InChI=1S/C14H9Cl2F4NO/c15-9-5-6-10(16)12(17)11(9)13(21)7-1-3-8(4-2-7)22-14(18,19)20/h1-6,13H,21H2/t13-/m0/s1. The van der Waals surface area contributed by atoms with Gasteiger partial charge in [0.25, 0.3) is 0 Å². The van der Waals surface area contributed by atoms with Gasteiger partial charge in [0.15, 0.2) is 0 Å². The van der Waals surface area contributed by atoms with E-state index in [4.69, 9.17) is 28.9 Å². The number of rotatable bonds is 3. The van der Waals surface area contributed by atoms with E-state index in [0.717, 1.165) is 12.1 Å². The van der Waals surface area contributed by atoms with Crippen LogP contribution in [0.2, 0.25) is 10.0 Å². The van der Waals surface area contributed by atoms with Gasteiger partial charge in [0.2, 0.25) is 0 Å². The van der Waals surface area contributed by atoms with Crippen LogP contribution in [0.4, 0.5) is 17.6 Å². The van der Waals surface area contributed by atoms with E-state index in [-0.39, 0.29) is 15.6 Å². The van der Waals surface area contributed by atoms with Gasteiger partial charge in [0.05, 0.1) is 11.1 Å². The summed E-state index contributed by atoms with van der Waals surface area (Å²) in [7, 11) is 0. The first-order valence-corrected chi connectivity index (χ1v) is 6.69. The van der Waals surface area contributed by atoms with Crippen LogP contribution in [-0.4, -0.2) is 6.36 Å². The Balaban J connectivity index is 2.31. The van der Waals surface area contributed by atoms with Crippen molar-refractivity contribution in [3.05, 3.63) is 63.4 Å². The van der Waals surface area contributed by atoms with Crippen LogP contribution in [0.15, 0.2) is 36.4 Å². The first-order valence-electron chi connectivity index (χ1n) is 5.93. The van der Waals surface area contributed by atoms with Crippen LogP contribution in [-0.2, 0) is 0 Å². The Labute approximate surface area is 133 Å². The predicted molar refractivity (Wildman–Crippen MR) is 75.6 cm³/mol. The summed E-state index contributed by atoms with van der Waals surface area (Å²) in [6, 6.07) is 6.45. The molecule has 118 valence electrons. The highest BCUT2D eigenvalue weighted by Crippen LogP contribution is 2.33. The van der Waals surface area contributed by atoms with Gasteiger partial charge in [-0.2, -0.15) is 0 Å². The second-order valence-electron chi connectivity index (χ2n) is 4.35. The van der Waals surface area contributed by atoms with Gasteiger partial charge < -0.3 is 10.5 Å². The van der Waals surface area contributed by atoms with Gasteiger partial charge in [-0.15, -0.1) is 13.2 Å². The molecule has 0 aliphatic rings. The van der Waals surface area contributed by atoms with Crippen molar-refractivity contribution in [1.82, 2.24) is 0 Å². The zero-order valence-corrected chi connectivity index (χ0v) is 12.3. The smallest absolute Gasteiger partial charge is 0.406 e. The molecule has 1 atom stereocenters. The topological polar surface area (TPSA) is 35.2 Å². The number of ether oxygens (including phenoxy) is 1. The van der Waals surface area contributed by atoms with Crippen LogP contribution < -0.4 is 10.5 Å². The number of nitrogens with two attached hydrogens (primary N) is 1. The first-order chi connectivity index (χ1) is 10.2. The third-order valence-corrected chi connectivity index (χ3v) is 3.48. The maximum Gasteiger partial charge on any atom is 0.573 e. The molecular formula is C14H9Cl2F4NO. The molecule has 0 saturated carbocycles. The SMILES string of the molecule is N[C@@H](c1ccc(OC(F)(F)F)cc1)c1c(Cl)ccc(Cl)c1F. The van der Waals surface area contributed by atoms with Crippen molar-refractivity contribution in [2.24, 2.45) is 5.73 Å². The molecule has 22 heavy (non-hydrogen) atoms. The maximum absolute atomic E-state index is 14.0. The van der Waals surface area contributed by atoms with Crippen molar-refractivity contribution >= 4 is 23.2 Å². The van der Waals surface area contributed by atoms with Crippen molar-refractivity contribution in [3.8, 4) is 5.75 Å². The molecule has 0 radical (unpaired) electrons. The van der Waals surface area contributed by atoms with Crippen molar-refractivity contribution in [1.29, 1.82) is 0 Å². The van der Waals surface area contributed by atoms with Gasteiger partial charge in [-0.1, -0.05) is 35.3 Å². The minimum Gasteiger partial charge on any atom is -0.406 e. The van der Waals surface area contributed by atoms with E-state index in [1.54, 1.807) is 0 Å². The fraction of sp³-hybridized carbons (Fsp3) is 0.143. The van der Waals surface area contributed by atoms with E-state index in [2.05, 4.69) is 4.74 Å². The van der Waals surface area contributed by atoms with E-state index in [1.165, 1.54) is 24.3 Å². The molecule has 2 aromatic carbocycles. The van der Waals surface area contributed by atoms with Crippen molar-refractivity contribution in [2.45, 2.75) is 12.4 Å². The second kappa shape index (κ2) is 6.32. The minimum absolute atomic E-state index is 0.0290. The largest absolute Gasteiger partial charge is 0.573 e. The zero-order valence-electron chi connectivity index (χ0n) is 10.8. The fourth-order valence-electron chi connectivity index (χ4n) is 1.87. The van der Waals surface area contributed by atoms with Crippen LogP contribution in [0.1, 0.15) is 17.2 Å². The molecule has 0 heterocycles. The van der Waals surface area contributed by atoms with Crippen molar-refractivity contribution < 1.29 is 22.3 Å². The van der Waals surface area contributed by atoms with E-state index in [9.17, 15) is 17.6 Å². The lowest BCUT2D eigenvalue weighted by Gasteiger charge is -2.16. The summed E-state index contributed by atoms with van der Waals surface area (Å²) >= 11 is 11.6. The maximum atomic E-state index is 14.0. The van der Waals surface area contributed by atoms with Crippen molar-refractivity contribution in [3.63, 3.8) is 0 Å².